The highest BCUT2D eigenvalue weighted by Gasteiger charge is 2.15. The first kappa shape index (κ1) is 16.3. The van der Waals surface area contributed by atoms with Crippen molar-refractivity contribution in [1.29, 1.82) is 0 Å². The molecule has 0 atom stereocenters. The zero-order valence-corrected chi connectivity index (χ0v) is 11.7. The molecule has 0 radical (unpaired) electrons. The van der Waals surface area contributed by atoms with Gasteiger partial charge >= 0.3 is 12.0 Å². The number of carbonyl (C=O) groups is 3. The average molecular weight is 295 g/mol. The highest BCUT2D eigenvalue weighted by molar-refractivity contribution is 5.98. The topological polar surface area (TPSA) is 119 Å². The summed E-state index contributed by atoms with van der Waals surface area (Å²) in [5.41, 5.74) is -0.377. The van der Waals surface area contributed by atoms with Crippen LogP contribution < -0.4 is 10.6 Å². The molecule has 1 aromatic rings. The van der Waals surface area contributed by atoms with Crippen molar-refractivity contribution < 1.29 is 24.6 Å². The predicted molar refractivity (Wildman–Crippen MR) is 75.4 cm³/mol. The minimum Gasteiger partial charge on any atom is -0.505 e. The maximum Gasteiger partial charge on any atom is 0.339 e. The van der Waals surface area contributed by atoms with Gasteiger partial charge in [-0.3, -0.25) is 4.79 Å². The molecule has 0 spiro atoms. The van der Waals surface area contributed by atoms with Gasteiger partial charge in [-0.15, -0.1) is 0 Å². The van der Waals surface area contributed by atoms with Crippen molar-refractivity contribution in [3.05, 3.63) is 23.8 Å². The second-order valence-electron chi connectivity index (χ2n) is 4.22. The highest BCUT2D eigenvalue weighted by Crippen LogP contribution is 2.27. The van der Waals surface area contributed by atoms with Crippen molar-refractivity contribution in [2.45, 2.75) is 6.92 Å². The van der Waals surface area contributed by atoms with Crippen LogP contribution in [0.3, 0.4) is 0 Å². The summed E-state index contributed by atoms with van der Waals surface area (Å²) in [5, 5.41) is 23.2. The first-order valence-corrected chi connectivity index (χ1v) is 6.20. The van der Waals surface area contributed by atoms with Crippen LogP contribution >= 0.6 is 0 Å². The number of anilines is 1. The van der Waals surface area contributed by atoms with Gasteiger partial charge < -0.3 is 25.7 Å². The molecule has 3 amide bonds. The number of nitrogens with one attached hydrogen (secondary N) is 2. The van der Waals surface area contributed by atoms with E-state index in [1.165, 1.54) is 23.1 Å². The van der Waals surface area contributed by atoms with E-state index in [2.05, 4.69) is 10.6 Å². The number of benzene rings is 1. The third-order valence-electron chi connectivity index (χ3n) is 2.81. The van der Waals surface area contributed by atoms with Crippen LogP contribution in [0, 0.1) is 0 Å². The maximum absolute atomic E-state index is 11.6. The van der Waals surface area contributed by atoms with Crippen LogP contribution in [0.15, 0.2) is 18.2 Å². The molecule has 4 N–H and O–H groups in total. The lowest BCUT2D eigenvalue weighted by Gasteiger charge is -2.15. The van der Waals surface area contributed by atoms with E-state index in [0.717, 1.165) is 0 Å². The number of carbonyl (C=O) groups excluding carboxylic acids is 2. The van der Waals surface area contributed by atoms with Gasteiger partial charge in [0, 0.05) is 13.6 Å². The first-order valence-electron chi connectivity index (χ1n) is 6.20. The first-order chi connectivity index (χ1) is 9.86. The average Bonchev–Trinajstić information content (AvgIpc) is 2.45. The fraction of sp³-hybridized carbons (Fsp3) is 0.308. The molecule has 0 fully saturated rings. The quantitative estimate of drug-likeness (QED) is 0.596. The summed E-state index contributed by atoms with van der Waals surface area (Å²) in [5.74, 6) is -2.12. The van der Waals surface area contributed by atoms with Crippen molar-refractivity contribution in [2.75, 3.05) is 25.5 Å². The van der Waals surface area contributed by atoms with Crippen LogP contribution in [0.5, 0.6) is 5.75 Å². The Kier molecular flexibility index (Phi) is 5.53. The zero-order valence-electron chi connectivity index (χ0n) is 11.7. The molecule has 0 heterocycles. The van der Waals surface area contributed by atoms with E-state index in [4.69, 9.17) is 5.11 Å². The molecular weight excluding hydrogens is 278 g/mol. The van der Waals surface area contributed by atoms with E-state index >= 15 is 0 Å². The molecule has 0 saturated carbocycles. The van der Waals surface area contributed by atoms with Crippen molar-refractivity contribution >= 4 is 23.6 Å². The lowest BCUT2D eigenvalue weighted by molar-refractivity contribution is -0.128. The molecule has 0 aliphatic carbocycles. The monoisotopic (exact) mass is 295 g/mol. The zero-order chi connectivity index (χ0) is 16.0. The van der Waals surface area contributed by atoms with E-state index in [0.29, 0.717) is 6.54 Å². The largest absolute Gasteiger partial charge is 0.505 e. The second-order valence-corrected chi connectivity index (χ2v) is 4.22. The number of carboxylic acids is 1. The van der Waals surface area contributed by atoms with Crippen molar-refractivity contribution in [2.24, 2.45) is 0 Å². The summed E-state index contributed by atoms with van der Waals surface area (Å²) in [6.45, 7) is 2.12. The Morgan fingerprint density at radius 3 is 2.52 bits per heavy atom. The van der Waals surface area contributed by atoms with E-state index in [1.807, 2.05) is 0 Å². The fourth-order valence-corrected chi connectivity index (χ4v) is 1.45. The predicted octanol–water partition coefficient (Wildman–Crippen LogP) is 0.690. The molecule has 1 rings (SSSR count). The van der Waals surface area contributed by atoms with E-state index < -0.39 is 17.7 Å². The van der Waals surface area contributed by atoms with Gasteiger partial charge in [0.05, 0.1) is 12.2 Å². The maximum atomic E-state index is 11.6. The number of amides is 3. The van der Waals surface area contributed by atoms with Crippen LogP contribution in [0.2, 0.25) is 0 Å². The number of carboxylic acid groups (broad SMARTS) is 1. The van der Waals surface area contributed by atoms with Crippen molar-refractivity contribution in [3.63, 3.8) is 0 Å². The molecule has 0 saturated heterocycles. The molecule has 0 unspecified atom stereocenters. The van der Waals surface area contributed by atoms with E-state index in [9.17, 15) is 19.5 Å². The van der Waals surface area contributed by atoms with Gasteiger partial charge in [-0.25, -0.2) is 9.59 Å². The minimum atomic E-state index is -1.31. The molecule has 1 aromatic carbocycles. The van der Waals surface area contributed by atoms with Gasteiger partial charge in [-0.1, -0.05) is 6.07 Å². The number of aromatic hydroxyl groups is 1. The second kappa shape index (κ2) is 7.13. The SMILES string of the molecule is CCN(C)C(=O)CNC(=O)Nc1cccc(C(=O)O)c1O. The summed E-state index contributed by atoms with van der Waals surface area (Å²) < 4.78 is 0. The normalized spacial score (nSPS) is 9.81. The highest BCUT2D eigenvalue weighted by atomic mass is 16.4. The van der Waals surface area contributed by atoms with Crippen LogP contribution in [-0.4, -0.2) is 53.2 Å². The number of nitrogens with zero attached hydrogens (tertiary/aromatic N) is 1. The van der Waals surface area contributed by atoms with Crippen LogP contribution in [0.1, 0.15) is 17.3 Å². The van der Waals surface area contributed by atoms with Gasteiger partial charge in [0.2, 0.25) is 5.91 Å². The molecule has 21 heavy (non-hydrogen) atoms. The Labute approximate surface area is 121 Å². The molecule has 8 heteroatoms. The van der Waals surface area contributed by atoms with Crippen LogP contribution in [0.4, 0.5) is 10.5 Å². The summed E-state index contributed by atoms with van der Waals surface area (Å²) >= 11 is 0. The third kappa shape index (κ3) is 4.37. The summed E-state index contributed by atoms with van der Waals surface area (Å²) in [7, 11) is 1.60. The lowest BCUT2D eigenvalue weighted by Crippen LogP contribution is -2.39. The number of phenols is 1. The van der Waals surface area contributed by atoms with Gasteiger partial charge in [0.15, 0.2) is 5.75 Å². The minimum absolute atomic E-state index is 0.0521. The third-order valence-corrected chi connectivity index (χ3v) is 2.81. The molecule has 0 aliphatic heterocycles. The summed E-state index contributed by atoms with van der Waals surface area (Å²) in [6.07, 6.45) is 0. The number of para-hydroxylation sites is 1. The Morgan fingerprint density at radius 2 is 1.95 bits per heavy atom. The number of likely N-dealkylation sites (N-methyl/N-ethyl adjacent to an activating group) is 1. The Morgan fingerprint density at radius 1 is 1.29 bits per heavy atom. The lowest BCUT2D eigenvalue weighted by atomic mass is 10.2. The Balaban J connectivity index is 2.66. The summed E-state index contributed by atoms with van der Waals surface area (Å²) in [4.78, 5) is 35.4. The number of urea groups is 1. The number of hydrogen-bond acceptors (Lipinski definition) is 4. The Hall–Kier alpha value is -2.77. The fourth-order valence-electron chi connectivity index (χ4n) is 1.45. The van der Waals surface area contributed by atoms with Gasteiger partial charge in [-0.05, 0) is 19.1 Å². The van der Waals surface area contributed by atoms with Crippen molar-refractivity contribution in [1.82, 2.24) is 10.2 Å². The van der Waals surface area contributed by atoms with E-state index in [-0.39, 0.29) is 23.7 Å². The molecular formula is C13H17N3O5. The molecule has 0 aliphatic rings. The number of rotatable bonds is 5. The van der Waals surface area contributed by atoms with E-state index in [1.54, 1.807) is 14.0 Å². The molecule has 0 aromatic heterocycles. The van der Waals surface area contributed by atoms with Crippen molar-refractivity contribution in [3.8, 4) is 5.75 Å². The van der Waals surface area contributed by atoms with Crippen LogP contribution in [-0.2, 0) is 4.79 Å². The number of aromatic carboxylic acids is 1. The van der Waals surface area contributed by atoms with Gasteiger partial charge in [-0.2, -0.15) is 0 Å². The Bertz CT molecular complexity index is 559. The summed E-state index contributed by atoms with van der Waals surface area (Å²) in [6, 6.07) is 3.22. The standard InChI is InChI=1S/C13H17N3O5/c1-3-16(2)10(17)7-14-13(21)15-9-6-4-5-8(11(9)18)12(19)20/h4-6,18H,3,7H2,1-2H3,(H,19,20)(H2,14,15,21). The van der Waals surface area contributed by atoms with Crippen LogP contribution in [0.25, 0.3) is 0 Å². The molecule has 114 valence electrons. The number of hydrogen-bond donors (Lipinski definition) is 4. The van der Waals surface area contributed by atoms with Gasteiger partial charge in [0.1, 0.15) is 5.56 Å². The molecule has 8 nitrogen and oxygen atoms in total. The molecule has 0 bridgehead atoms. The van der Waals surface area contributed by atoms with Gasteiger partial charge in [0.25, 0.3) is 0 Å². The smallest absolute Gasteiger partial charge is 0.339 e.